The van der Waals surface area contributed by atoms with Crippen molar-refractivity contribution >= 4 is 5.78 Å². The van der Waals surface area contributed by atoms with Gasteiger partial charge in [-0.2, -0.15) is 0 Å². The summed E-state index contributed by atoms with van der Waals surface area (Å²) in [5.74, 6) is -2.08. The quantitative estimate of drug-likeness (QED) is 0.378. The van der Waals surface area contributed by atoms with Gasteiger partial charge in [-0.3, -0.25) is 4.79 Å². The van der Waals surface area contributed by atoms with Crippen molar-refractivity contribution in [2.75, 3.05) is 0 Å². The van der Waals surface area contributed by atoms with Gasteiger partial charge in [-0.15, -0.1) is 6.58 Å². The number of ketones is 1. The number of allylic oxidation sites excluding steroid dienone is 1. The molecule has 0 fully saturated rings. The van der Waals surface area contributed by atoms with Gasteiger partial charge in [0.2, 0.25) is 5.75 Å². The van der Waals surface area contributed by atoms with Crippen molar-refractivity contribution in [1.82, 2.24) is 0 Å². The summed E-state index contributed by atoms with van der Waals surface area (Å²) in [5.41, 5.74) is 2.21. The molecule has 136 valence electrons. The molecular weight excluding hydrogens is 336 g/mol. The van der Waals surface area contributed by atoms with Crippen LogP contribution in [0.2, 0.25) is 0 Å². The third-order valence-corrected chi connectivity index (χ3v) is 4.42. The smallest absolute Gasteiger partial charge is 0.201 e. The van der Waals surface area contributed by atoms with Crippen LogP contribution in [0.15, 0.2) is 36.4 Å². The van der Waals surface area contributed by atoms with Crippen LogP contribution in [0.1, 0.15) is 47.4 Å². The Kier molecular flexibility index (Phi) is 4.50. The molecule has 26 heavy (non-hydrogen) atoms. The minimum Gasteiger partial charge on any atom is -0.508 e. The van der Waals surface area contributed by atoms with Crippen molar-refractivity contribution in [2.45, 2.75) is 32.3 Å². The van der Waals surface area contributed by atoms with Crippen molar-refractivity contribution in [2.24, 2.45) is 0 Å². The third-order valence-electron chi connectivity index (χ3n) is 4.42. The van der Waals surface area contributed by atoms with Crippen LogP contribution >= 0.6 is 0 Å². The number of aromatic hydroxyl groups is 4. The Bertz CT molecular complexity index is 900. The molecule has 6 nitrogen and oxygen atoms in total. The van der Waals surface area contributed by atoms with Crippen LogP contribution < -0.4 is 4.74 Å². The first-order chi connectivity index (χ1) is 12.3. The van der Waals surface area contributed by atoms with Gasteiger partial charge in [0.05, 0.1) is 6.42 Å². The molecule has 1 aliphatic rings. The van der Waals surface area contributed by atoms with Crippen LogP contribution in [0, 0.1) is 0 Å². The maximum Gasteiger partial charge on any atom is 0.201 e. The lowest BCUT2D eigenvalue weighted by Gasteiger charge is -2.27. The van der Waals surface area contributed by atoms with Crippen molar-refractivity contribution in [3.8, 4) is 28.7 Å². The molecule has 1 aliphatic heterocycles. The number of benzene rings is 2. The van der Waals surface area contributed by atoms with Gasteiger partial charge in [-0.1, -0.05) is 11.6 Å². The van der Waals surface area contributed by atoms with Crippen LogP contribution in [0.3, 0.4) is 0 Å². The number of hydrogen-bond acceptors (Lipinski definition) is 6. The molecule has 1 heterocycles. The van der Waals surface area contributed by atoms with E-state index in [2.05, 4.69) is 6.58 Å². The average molecular weight is 356 g/mol. The molecule has 0 amide bonds. The normalized spacial score (nSPS) is 16.0. The molecule has 0 saturated heterocycles. The Hall–Kier alpha value is -3.15. The number of Topliss-reactive ketones (excluding diaryl/α,β-unsaturated/α-hetero) is 1. The van der Waals surface area contributed by atoms with Gasteiger partial charge in [-0.05, 0) is 43.0 Å². The van der Waals surface area contributed by atoms with E-state index < -0.39 is 29.1 Å². The average Bonchev–Trinajstić information content (AvgIpc) is 2.58. The highest BCUT2D eigenvalue weighted by Gasteiger charge is 2.34. The van der Waals surface area contributed by atoms with Gasteiger partial charge in [0.1, 0.15) is 23.2 Å². The van der Waals surface area contributed by atoms with Gasteiger partial charge in [0.15, 0.2) is 17.3 Å². The van der Waals surface area contributed by atoms with E-state index in [4.69, 9.17) is 4.74 Å². The zero-order chi connectivity index (χ0) is 19.0. The Morgan fingerprint density at radius 3 is 2.58 bits per heavy atom. The Morgan fingerprint density at radius 1 is 1.15 bits per heavy atom. The molecule has 4 N–H and O–H groups in total. The second-order valence-electron chi connectivity index (χ2n) is 6.55. The molecule has 2 aromatic rings. The van der Waals surface area contributed by atoms with E-state index in [1.54, 1.807) is 12.1 Å². The molecule has 0 saturated carbocycles. The van der Waals surface area contributed by atoms with E-state index in [0.717, 1.165) is 11.6 Å². The minimum atomic E-state index is -0.703. The maximum absolute atomic E-state index is 12.4. The summed E-state index contributed by atoms with van der Waals surface area (Å²) >= 11 is 0. The second kappa shape index (κ2) is 6.63. The number of carbonyl (C=O) groups excluding carboxylic acids is 1. The van der Waals surface area contributed by atoms with Gasteiger partial charge in [-0.25, -0.2) is 0 Å². The number of carbonyl (C=O) groups is 1. The van der Waals surface area contributed by atoms with E-state index in [9.17, 15) is 25.2 Å². The molecule has 6 heteroatoms. The number of ether oxygens (including phenoxy) is 1. The highest BCUT2D eigenvalue weighted by atomic mass is 16.5. The molecule has 0 radical (unpaired) electrons. The predicted octanol–water partition coefficient (Wildman–Crippen LogP) is 3.72. The summed E-state index contributed by atoms with van der Waals surface area (Å²) in [6.07, 6.45) is 0.577. The minimum absolute atomic E-state index is 0.0323. The Labute approximate surface area is 150 Å². The Morgan fingerprint density at radius 2 is 1.88 bits per heavy atom. The first-order valence-corrected chi connectivity index (χ1v) is 8.21. The van der Waals surface area contributed by atoms with E-state index in [1.807, 2.05) is 6.92 Å². The standard InChI is InChI=1S/C20H20O6/c1-10(2)3-4-11-7-12(5-6-13(11)21)17-9-15(23)18-14(22)8-16(24)19(25)20(18)26-17/h5-8,17,21-22,24-25H,1,3-4,9H2,2H3/t17-/m0/s1. The SMILES string of the molecule is C=C(C)CCc1cc([C@@H]2CC(=O)c3c(O)cc(O)c(O)c3O2)ccc1O. The number of phenols is 4. The summed E-state index contributed by atoms with van der Waals surface area (Å²) in [4.78, 5) is 12.4. The van der Waals surface area contributed by atoms with Crippen molar-refractivity contribution in [1.29, 1.82) is 0 Å². The molecule has 2 aromatic carbocycles. The fraction of sp³-hybridized carbons (Fsp3) is 0.250. The largest absolute Gasteiger partial charge is 0.508 e. The lowest BCUT2D eigenvalue weighted by Crippen LogP contribution is -2.20. The maximum atomic E-state index is 12.4. The van der Waals surface area contributed by atoms with Crippen molar-refractivity contribution in [3.63, 3.8) is 0 Å². The molecular formula is C20H20O6. The van der Waals surface area contributed by atoms with E-state index in [0.29, 0.717) is 24.0 Å². The van der Waals surface area contributed by atoms with Crippen LogP contribution in [-0.4, -0.2) is 26.2 Å². The molecule has 1 atom stereocenters. The monoisotopic (exact) mass is 356 g/mol. The lowest BCUT2D eigenvalue weighted by molar-refractivity contribution is 0.0836. The molecule has 0 bridgehead atoms. The Balaban J connectivity index is 1.96. The molecule has 3 rings (SSSR count). The fourth-order valence-electron chi connectivity index (χ4n) is 3.00. The fourth-order valence-corrected chi connectivity index (χ4v) is 3.00. The summed E-state index contributed by atoms with van der Waals surface area (Å²) in [7, 11) is 0. The lowest BCUT2D eigenvalue weighted by atomic mass is 9.93. The number of rotatable bonds is 4. The first-order valence-electron chi connectivity index (χ1n) is 8.21. The van der Waals surface area contributed by atoms with Crippen LogP contribution in [0.5, 0.6) is 28.7 Å². The highest BCUT2D eigenvalue weighted by Crippen LogP contribution is 2.49. The predicted molar refractivity (Wildman–Crippen MR) is 95.0 cm³/mol. The molecule has 0 spiro atoms. The van der Waals surface area contributed by atoms with E-state index in [-0.39, 0.29) is 23.5 Å². The zero-order valence-electron chi connectivity index (χ0n) is 14.3. The number of hydrogen-bond donors (Lipinski definition) is 4. The topological polar surface area (TPSA) is 107 Å². The number of phenolic OH excluding ortho intramolecular Hbond substituents is 4. The summed E-state index contributed by atoms with van der Waals surface area (Å²) in [6, 6.07) is 5.83. The van der Waals surface area contributed by atoms with Crippen molar-refractivity contribution < 1.29 is 30.0 Å². The van der Waals surface area contributed by atoms with Gasteiger partial charge in [0, 0.05) is 6.07 Å². The van der Waals surface area contributed by atoms with Crippen LogP contribution in [-0.2, 0) is 6.42 Å². The second-order valence-corrected chi connectivity index (χ2v) is 6.55. The zero-order valence-corrected chi connectivity index (χ0v) is 14.3. The van der Waals surface area contributed by atoms with Crippen LogP contribution in [0.25, 0.3) is 0 Å². The van der Waals surface area contributed by atoms with Crippen molar-refractivity contribution in [3.05, 3.63) is 53.1 Å². The molecule has 0 aliphatic carbocycles. The van der Waals surface area contributed by atoms with Gasteiger partial charge < -0.3 is 25.2 Å². The summed E-state index contributed by atoms with van der Waals surface area (Å²) in [6.45, 7) is 5.75. The van der Waals surface area contributed by atoms with Gasteiger partial charge in [0.25, 0.3) is 0 Å². The van der Waals surface area contributed by atoms with E-state index >= 15 is 0 Å². The van der Waals surface area contributed by atoms with Gasteiger partial charge >= 0.3 is 0 Å². The highest BCUT2D eigenvalue weighted by molar-refractivity contribution is 6.03. The number of aryl methyl sites for hydroxylation is 1. The third kappa shape index (κ3) is 3.18. The van der Waals surface area contributed by atoms with E-state index in [1.165, 1.54) is 6.07 Å². The summed E-state index contributed by atoms with van der Waals surface area (Å²) < 4.78 is 5.71. The number of fused-ring (bicyclic) bond motifs is 1. The molecule has 0 aromatic heterocycles. The van der Waals surface area contributed by atoms with Crippen LogP contribution in [0.4, 0.5) is 0 Å². The molecule has 0 unspecified atom stereocenters. The summed E-state index contributed by atoms with van der Waals surface area (Å²) in [5, 5.41) is 39.6. The first kappa shape index (κ1) is 17.7.